The molecule has 6 fully saturated rings. The Balaban J connectivity index is 0.000000204. The Morgan fingerprint density at radius 1 is 0.386 bits per heavy atom. The zero-order valence-corrected chi connectivity index (χ0v) is 81.4. The third kappa shape index (κ3) is 23.0. The van der Waals surface area contributed by atoms with E-state index in [2.05, 4.69) is 173 Å². The number of likely N-dealkylation sites (N-methyl/N-ethyl adjacent to an activating group) is 2. The van der Waals surface area contributed by atoms with Crippen LogP contribution in [-0.2, 0) is 50.2 Å². The number of nitriles is 1. The van der Waals surface area contributed by atoms with Crippen molar-refractivity contribution in [2.45, 2.75) is 155 Å². The number of Topliss-reactive ketones (excluding diaryl/α,β-unsaturated/α-hetero) is 2. The molecule has 15 rings (SSSR count). The molecule has 4 N–H and O–H groups in total. The molecular weight excluding hydrogens is 1670 g/mol. The van der Waals surface area contributed by atoms with E-state index in [-0.39, 0.29) is 136 Å². The summed E-state index contributed by atoms with van der Waals surface area (Å²) in [5.41, 5.74) is 8.05. The largest absolute Gasteiger partial charge is 1.00 e. The van der Waals surface area contributed by atoms with E-state index < -0.39 is 40.6 Å². The number of urea groups is 2. The van der Waals surface area contributed by atoms with Gasteiger partial charge in [0.15, 0.2) is 5.78 Å². The van der Waals surface area contributed by atoms with Gasteiger partial charge in [-0.2, -0.15) is 5.26 Å². The number of ketones is 2. The fourth-order valence-electron chi connectivity index (χ4n) is 20.3. The third-order valence-electron chi connectivity index (χ3n) is 26.2. The third-order valence-corrected chi connectivity index (χ3v) is 26.2. The standard InChI is InChI=1S/C36H43N3O3.C34H40N4O4.C22H19NO2.C13H25N3O2.C2H3N.Na.H2O/c1-25(2)33(28(5)40)27(4)34(41)37-21-22-38(26(3)23-37)35(42)32-24-39(32)36(29-15-9-6-10-16-29,30-17-11-7-12-18-30)31-19-13-8-14-20-31;1-24(2)30(32(40)41)35(4)33(42)36-20-21-37(25(3)22-36)31(39)29-23-38(29)34(26-14-8-5-9-15-26,27-16-10-6-11-17-27)28-18-12-7-13-19-28;24-21(25)20-16-23(20)22(17-10-4-1-5-11-17,18-12-6-2-7-13-18)19-14-8-3-9-15-19;1-9(2)12(11(4)17)15(5)13(18)16-7-6-14-10(3)8-16;1-2-3;;/h6-20,25-27,32-33H,21-24H2,1-5H3;5-19,24-25,29-30H,20-23H2,1-4H3,(H,40,41);1-15,20H,16H2,(H,24,25);9-10,12,14H,6-8H2,1-5H3;1H3;;1H2/q;;;;;+1;/p-1/t26-,27?,32-,33+,39?;25-,29-,30-,38?;20-,23?;10-,12-;;;/m0000.../s1. The Kier molecular flexibility index (Phi) is 37.3. The number of carboxylic acids is 2. The summed E-state index contributed by atoms with van der Waals surface area (Å²) in [5.74, 6) is -2.18. The van der Waals surface area contributed by atoms with Gasteiger partial charge in [0.1, 0.15) is 30.0 Å². The first-order chi connectivity index (χ1) is 62.3. The summed E-state index contributed by atoms with van der Waals surface area (Å²) in [4.78, 5) is 133. The van der Waals surface area contributed by atoms with Gasteiger partial charge in [-0.1, -0.05) is 321 Å². The molecule has 7 amide bonds. The molecule has 6 aliphatic heterocycles. The van der Waals surface area contributed by atoms with Gasteiger partial charge in [-0.15, -0.1) is 0 Å². The summed E-state index contributed by atoms with van der Waals surface area (Å²) in [6.07, 6.45) is 0. The normalized spacial score (nSPS) is 20.4. The summed E-state index contributed by atoms with van der Waals surface area (Å²) in [6, 6.07) is 92.0. The van der Waals surface area contributed by atoms with Crippen LogP contribution in [0.1, 0.15) is 140 Å². The molecule has 692 valence electrons. The second-order valence-corrected chi connectivity index (χ2v) is 36.1. The van der Waals surface area contributed by atoms with Crippen LogP contribution in [0.2, 0.25) is 0 Å². The number of nitrogens with one attached hydrogen (secondary N) is 1. The van der Waals surface area contributed by atoms with Gasteiger partial charge in [-0.3, -0.25) is 43.5 Å². The summed E-state index contributed by atoms with van der Waals surface area (Å²) in [5, 5.41) is 29.9. The zero-order valence-electron chi connectivity index (χ0n) is 79.4. The minimum atomic E-state index is -1.02. The molecule has 6 aliphatic rings. The first-order valence-electron chi connectivity index (χ1n) is 45.6. The number of amides is 7. The second kappa shape index (κ2) is 47.2. The molecule has 9 aromatic rings. The molecule has 0 saturated carbocycles. The summed E-state index contributed by atoms with van der Waals surface area (Å²) in [7, 11) is 3.27. The Labute approximate surface area is 802 Å². The van der Waals surface area contributed by atoms with Crippen LogP contribution >= 0.6 is 0 Å². The number of carbonyl (C=O) groups is 9. The van der Waals surface area contributed by atoms with E-state index in [0.29, 0.717) is 78.0 Å². The van der Waals surface area contributed by atoms with Crippen molar-refractivity contribution in [1.29, 1.82) is 5.26 Å². The van der Waals surface area contributed by atoms with Crippen molar-refractivity contribution in [3.63, 3.8) is 0 Å². The summed E-state index contributed by atoms with van der Waals surface area (Å²) < 4.78 is 0. The number of carbonyl (C=O) groups excluding carboxylic acids is 7. The molecule has 6 heterocycles. The van der Waals surface area contributed by atoms with Crippen LogP contribution in [0.15, 0.2) is 273 Å². The maximum atomic E-state index is 14.2. The molecular formula is C107H131N12NaO12. The molecule has 6 saturated heterocycles. The van der Waals surface area contributed by atoms with Gasteiger partial charge in [0.2, 0.25) is 17.7 Å². The average molecular weight is 1800 g/mol. The van der Waals surface area contributed by atoms with Crippen LogP contribution in [0.3, 0.4) is 0 Å². The topological polar surface area (TPSA) is 292 Å². The molecule has 9 aromatic carbocycles. The van der Waals surface area contributed by atoms with Crippen LogP contribution in [0.25, 0.3) is 0 Å². The van der Waals surface area contributed by atoms with E-state index in [9.17, 15) is 53.4 Å². The van der Waals surface area contributed by atoms with Crippen molar-refractivity contribution < 1.29 is 88.4 Å². The maximum Gasteiger partial charge on any atom is 1.00 e. The number of aliphatic carboxylic acids is 2. The number of piperazine rings is 3. The average Bonchev–Trinajstić information content (AvgIpc) is 1.55. The maximum absolute atomic E-state index is 14.2. The van der Waals surface area contributed by atoms with Gasteiger partial charge < -0.3 is 55.3 Å². The van der Waals surface area contributed by atoms with Crippen molar-refractivity contribution in [2.24, 2.45) is 29.6 Å². The molecule has 0 bridgehead atoms. The Morgan fingerprint density at radius 3 is 0.894 bits per heavy atom. The second-order valence-electron chi connectivity index (χ2n) is 36.1. The van der Waals surface area contributed by atoms with Crippen LogP contribution < -0.4 is 34.9 Å². The van der Waals surface area contributed by atoms with E-state index in [1.54, 1.807) is 57.7 Å². The number of benzene rings is 9. The van der Waals surface area contributed by atoms with Gasteiger partial charge in [0, 0.05) is 130 Å². The molecule has 0 aliphatic carbocycles. The fourth-order valence-corrected chi connectivity index (χ4v) is 20.3. The van der Waals surface area contributed by atoms with Crippen molar-refractivity contribution in [1.82, 2.24) is 54.3 Å². The van der Waals surface area contributed by atoms with Crippen molar-refractivity contribution >= 4 is 53.3 Å². The molecule has 13 atom stereocenters. The first-order valence-corrected chi connectivity index (χ1v) is 45.6. The van der Waals surface area contributed by atoms with Crippen molar-refractivity contribution in [3.8, 4) is 6.07 Å². The minimum Gasteiger partial charge on any atom is -0.870 e. The van der Waals surface area contributed by atoms with E-state index in [1.165, 1.54) is 11.8 Å². The number of carboxylic acid groups (broad SMARTS) is 2. The van der Waals surface area contributed by atoms with Gasteiger partial charge in [-0.25, -0.2) is 14.4 Å². The number of rotatable bonds is 25. The zero-order chi connectivity index (χ0) is 93.9. The van der Waals surface area contributed by atoms with Crippen molar-refractivity contribution in [3.05, 3.63) is 323 Å². The van der Waals surface area contributed by atoms with Crippen LogP contribution in [0.4, 0.5) is 9.59 Å². The van der Waals surface area contributed by atoms with Crippen LogP contribution in [0, 0.1) is 40.9 Å². The van der Waals surface area contributed by atoms with E-state index in [4.69, 9.17) is 5.26 Å². The minimum absolute atomic E-state index is 0. The predicted molar refractivity (Wildman–Crippen MR) is 510 cm³/mol. The molecule has 0 spiro atoms. The smallest absolute Gasteiger partial charge is 0.870 e. The van der Waals surface area contributed by atoms with Crippen LogP contribution in [0.5, 0.6) is 0 Å². The predicted octanol–water partition coefficient (Wildman–Crippen LogP) is 11.6. The fraction of sp³-hybridized carbons (Fsp3) is 0.402. The molecule has 4 unspecified atom stereocenters. The molecule has 24 nitrogen and oxygen atoms in total. The number of hydrogen-bond donors (Lipinski definition) is 3. The van der Waals surface area contributed by atoms with Crippen molar-refractivity contribution in [2.75, 3.05) is 92.6 Å². The van der Waals surface area contributed by atoms with Gasteiger partial charge in [0.05, 0.1) is 28.7 Å². The van der Waals surface area contributed by atoms with E-state index in [1.807, 2.05) is 195 Å². The van der Waals surface area contributed by atoms with Gasteiger partial charge in [0.25, 0.3) is 0 Å². The van der Waals surface area contributed by atoms with E-state index in [0.717, 1.165) is 56.6 Å². The van der Waals surface area contributed by atoms with E-state index >= 15 is 0 Å². The quantitative estimate of drug-likeness (QED) is 0.0272. The van der Waals surface area contributed by atoms with Gasteiger partial charge >= 0.3 is 53.6 Å². The Morgan fingerprint density at radius 2 is 0.652 bits per heavy atom. The molecule has 0 aromatic heterocycles. The number of nitrogens with zero attached hydrogens (tertiary/aromatic N) is 11. The monoisotopic (exact) mass is 1800 g/mol. The summed E-state index contributed by atoms with van der Waals surface area (Å²) in [6.45, 7) is 30.6. The first kappa shape index (κ1) is 104. The molecule has 0 radical (unpaired) electrons. The van der Waals surface area contributed by atoms with Crippen LogP contribution in [-0.4, -0.2) is 259 Å². The Hall–Kier alpha value is -11.5. The SMILES string of the molecule is CC#N.CC(=O)[C@H](C(C)C)C(C)C(=O)N1CCN(C(=O)[C@@H]2CN2C(c2ccccc2)(c2ccccc2)c2ccccc2)[C@@H](C)C1.CC(=O)[C@H](C(C)C)N(C)C(=O)N1CCN[C@@H](C)C1.CC(C)[C@@H](C(=O)O)N(C)C(=O)N1CCN(C(=O)[C@@H]2CN2C(c2ccccc2)(c2ccccc2)c2ccccc2)[C@@H](C)C1.O=C(O)[C@@H]1CN1C(c1ccccc1)(c1ccccc1)c1ccccc1.[Na+].[OH-]. The Bertz CT molecular complexity index is 4800. The summed E-state index contributed by atoms with van der Waals surface area (Å²) >= 11 is 0. The van der Waals surface area contributed by atoms with Gasteiger partial charge in [-0.05, 0) is 102 Å². The molecule has 25 heteroatoms. The number of hydrogen-bond acceptors (Lipinski definition) is 15. The molecule has 132 heavy (non-hydrogen) atoms.